The predicted molar refractivity (Wildman–Crippen MR) is 82.7 cm³/mol. The van der Waals surface area contributed by atoms with E-state index in [1.165, 1.54) is 12.0 Å². The standard InChI is InChI=1S/C17H28FNO/c1-13(7-8-19-9-10-20-4)5-6-17-14(2)11-16(18)12-15(17)3/h11-13,19H,5-10H2,1-4H3. The van der Waals surface area contributed by atoms with Crippen LogP contribution in [0.1, 0.15) is 36.5 Å². The Hall–Kier alpha value is -0.930. The van der Waals surface area contributed by atoms with Crippen molar-refractivity contribution < 1.29 is 9.13 Å². The molecule has 1 aromatic rings. The van der Waals surface area contributed by atoms with Gasteiger partial charge in [-0.15, -0.1) is 0 Å². The van der Waals surface area contributed by atoms with Crippen LogP contribution in [-0.4, -0.2) is 26.8 Å². The zero-order valence-electron chi connectivity index (χ0n) is 13.3. The van der Waals surface area contributed by atoms with Crippen LogP contribution < -0.4 is 5.32 Å². The van der Waals surface area contributed by atoms with Crippen molar-refractivity contribution in [2.24, 2.45) is 5.92 Å². The number of hydrogen-bond donors (Lipinski definition) is 1. The highest BCUT2D eigenvalue weighted by Crippen LogP contribution is 2.20. The molecule has 0 aliphatic heterocycles. The molecule has 0 aliphatic rings. The van der Waals surface area contributed by atoms with Gasteiger partial charge in [0.2, 0.25) is 0 Å². The Bertz CT molecular complexity index is 383. The Morgan fingerprint density at radius 3 is 2.40 bits per heavy atom. The molecule has 20 heavy (non-hydrogen) atoms. The highest BCUT2D eigenvalue weighted by molar-refractivity contribution is 5.34. The van der Waals surface area contributed by atoms with Gasteiger partial charge in [-0.2, -0.15) is 0 Å². The first-order chi connectivity index (χ1) is 9.54. The molecule has 1 unspecified atom stereocenters. The summed E-state index contributed by atoms with van der Waals surface area (Å²) in [4.78, 5) is 0. The molecule has 0 fully saturated rings. The maximum absolute atomic E-state index is 13.3. The molecule has 0 saturated heterocycles. The molecular weight excluding hydrogens is 253 g/mol. The zero-order valence-corrected chi connectivity index (χ0v) is 13.3. The van der Waals surface area contributed by atoms with Crippen LogP contribution in [0, 0.1) is 25.6 Å². The van der Waals surface area contributed by atoms with E-state index < -0.39 is 0 Å². The van der Waals surface area contributed by atoms with E-state index >= 15 is 0 Å². The van der Waals surface area contributed by atoms with Gasteiger partial charge < -0.3 is 10.1 Å². The smallest absolute Gasteiger partial charge is 0.123 e. The van der Waals surface area contributed by atoms with Gasteiger partial charge in [0.1, 0.15) is 5.82 Å². The molecule has 1 aromatic carbocycles. The van der Waals surface area contributed by atoms with Crippen molar-refractivity contribution in [3.8, 4) is 0 Å². The minimum Gasteiger partial charge on any atom is -0.383 e. The van der Waals surface area contributed by atoms with Crippen molar-refractivity contribution in [2.45, 2.75) is 40.0 Å². The molecule has 0 heterocycles. The first-order valence-corrected chi connectivity index (χ1v) is 7.50. The lowest BCUT2D eigenvalue weighted by Gasteiger charge is -2.15. The minimum absolute atomic E-state index is 0.126. The number of nitrogens with one attached hydrogen (secondary N) is 1. The van der Waals surface area contributed by atoms with E-state index in [1.807, 2.05) is 13.8 Å². The second-order valence-corrected chi connectivity index (χ2v) is 5.69. The Labute approximate surface area is 122 Å². The van der Waals surface area contributed by atoms with Crippen LogP contribution in [0.2, 0.25) is 0 Å². The Balaban J connectivity index is 2.32. The molecule has 114 valence electrons. The molecule has 1 atom stereocenters. The number of halogens is 1. The molecule has 1 rings (SSSR count). The summed E-state index contributed by atoms with van der Waals surface area (Å²) in [5.41, 5.74) is 3.46. The normalized spacial score (nSPS) is 12.7. The van der Waals surface area contributed by atoms with Crippen LogP contribution in [0.3, 0.4) is 0 Å². The maximum atomic E-state index is 13.3. The summed E-state index contributed by atoms with van der Waals surface area (Å²) in [6, 6.07) is 3.28. The summed E-state index contributed by atoms with van der Waals surface area (Å²) >= 11 is 0. The van der Waals surface area contributed by atoms with Crippen molar-refractivity contribution in [3.63, 3.8) is 0 Å². The van der Waals surface area contributed by atoms with E-state index in [2.05, 4.69) is 12.2 Å². The number of methoxy groups -OCH3 is 1. The molecule has 0 saturated carbocycles. The molecular formula is C17H28FNO. The molecule has 0 amide bonds. The Kier molecular flexibility index (Phi) is 7.78. The third kappa shape index (κ3) is 6.02. The molecule has 0 aromatic heterocycles. The fourth-order valence-electron chi connectivity index (χ4n) is 2.52. The van der Waals surface area contributed by atoms with Crippen LogP contribution in [0.25, 0.3) is 0 Å². The van der Waals surface area contributed by atoms with E-state index in [0.29, 0.717) is 5.92 Å². The predicted octanol–water partition coefficient (Wildman–Crippen LogP) is 3.64. The molecule has 0 aliphatic carbocycles. The van der Waals surface area contributed by atoms with Crippen LogP contribution in [0.4, 0.5) is 4.39 Å². The lowest BCUT2D eigenvalue weighted by molar-refractivity contribution is 0.199. The largest absolute Gasteiger partial charge is 0.383 e. The zero-order chi connectivity index (χ0) is 15.0. The Morgan fingerprint density at radius 2 is 1.80 bits per heavy atom. The summed E-state index contributed by atoms with van der Waals surface area (Å²) < 4.78 is 18.3. The molecule has 0 bridgehead atoms. The Morgan fingerprint density at radius 1 is 1.15 bits per heavy atom. The van der Waals surface area contributed by atoms with Gasteiger partial charge in [-0.25, -0.2) is 4.39 Å². The van der Waals surface area contributed by atoms with Crippen molar-refractivity contribution in [1.29, 1.82) is 0 Å². The first kappa shape index (κ1) is 17.1. The van der Waals surface area contributed by atoms with E-state index in [4.69, 9.17) is 4.74 Å². The minimum atomic E-state index is -0.126. The average Bonchev–Trinajstić information content (AvgIpc) is 2.37. The third-order valence-corrected chi connectivity index (χ3v) is 3.84. The average molecular weight is 281 g/mol. The summed E-state index contributed by atoms with van der Waals surface area (Å²) in [6.45, 7) is 9.00. The van der Waals surface area contributed by atoms with Crippen LogP contribution in [0.15, 0.2) is 12.1 Å². The molecule has 0 spiro atoms. The second-order valence-electron chi connectivity index (χ2n) is 5.69. The summed E-state index contributed by atoms with van der Waals surface area (Å²) in [5, 5.41) is 3.37. The van der Waals surface area contributed by atoms with Gasteiger partial charge in [-0.05, 0) is 74.4 Å². The number of benzene rings is 1. The summed E-state index contributed by atoms with van der Waals surface area (Å²) in [6.07, 6.45) is 3.36. The molecule has 1 N–H and O–H groups in total. The topological polar surface area (TPSA) is 21.3 Å². The number of aryl methyl sites for hydroxylation is 2. The fraction of sp³-hybridized carbons (Fsp3) is 0.647. The van der Waals surface area contributed by atoms with Gasteiger partial charge in [0, 0.05) is 13.7 Å². The molecule has 3 heteroatoms. The van der Waals surface area contributed by atoms with Crippen molar-refractivity contribution in [2.75, 3.05) is 26.8 Å². The monoisotopic (exact) mass is 281 g/mol. The summed E-state index contributed by atoms with van der Waals surface area (Å²) in [5.74, 6) is 0.549. The maximum Gasteiger partial charge on any atom is 0.123 e. The second kappa shape index (κ2) is 9.09. The van der Waals surface area contributed by atoms with Crippen molar-refractivity contribution in [1.82, 2.24) is 5.32 Å². The highest BCUT2D eigenvalue weighted by Gasteiger charge is 2.08. The van der Waals surface area contributed by atoms with Crippen LogP contribution in [0.5, 0.6) is 0 Å². The number of ether oxygens (including phenoxy) is 1. The van der Waals surface area contributed by atoms with E-state index in [0.717, 1.165) is 43.7 Å². The van der Waals surface area contributed by atoms with Crippen LogP contribution in [-0.2, 0) is 11.2 Å². The number of hydrogen-bond acceptors (Lipinski definition) is 2. The van der Waals surface area contributed by atoms with Crippen molar-refractivity contribution >= 4 is 0 Å². The van der Waals surface area contributed by atoms with Gasteiger partial charge in [0.25, 0.3) is 0 Å². The third-order valence-electron chi connectivity index (χ3n) is 3.84. The highest BCUT2D eigenvalue weighted by atomic mass is 19.1. The van der Waals surface area contributed by atoms with Gasteiger partial charge in [-0.1, -0.05) is 6.92 Å². The van der Waals surface area contributed by atoms with Gasteiger partial charge >= 0.3 is 0 Å². The van der Waals surface area contributed by atoms with Crippen molar-refractivity contribution in [3.05, 3.63) is 34.6 Å². The fourth-order valence-corrected chi connectivity index (χ4v) is 2.52. The molecule has 2 nitrogen and oxygen atoms in total. The lowest BCUT2D eigenvalue weighted by atomic mass is 9.93. The van der Waals surface area contributed by atoms with E-state index in [9.17, 15) is 4.39 Å². The van der Waals surface area contributed by atoms with Gasteiger partial charge in [-0.3, -0.25) is 0 Å². The quantitative estimate of drug-likeness (QED) is 0.698. The first-order valence-electron chi connectivity index (χ1n) is 7.50. The van der Waals surface area contributed by atoms with Gasteiger partial charge in [0.15, 0.2) is 0 Å². The SMILES string of the molecule is COCCNCCC(C)CCc1c(C)cc(F)cc1C. The van der Waals surface area contributed by atoms with Gasteiger partial charge in [0.05, 0.1) is 6.61 Å². The van der Waals surface area contributed by atoms with Crippen LogP contribution >= 0.6 is 0 Å². The van der Waals surface area contributed by atoms with E-state index in [-0.39, 0.29) is 5.82 Å². The van der Waals surface area contributed by atoms with E-state index in [1.54, 1.807) is 19.2 Å². The molecule has 0 radical (unpaired) electrons. The lowest BCUT2D eigenvalue weighted by Crippen LogP contribution is -2.21. The number of rotatable bonds is 9. The summed E-state index contributed by atoms with van der Waals surface area (Å²) in [7, 11) is 1.72.